The van der Waals surface area contributed by atoms with Gasteiger partial charge in [-0.1, -0.05) is 36.8 Å². The lowest BCUT2D eigenvalue weighted by Gasteiger charge is -2.26. The minimum absolute atomic E-state index is 0.0210. The predicted octanol–water partition coefficient (Wildman–Crippen LogP) is -2.13. The SMILES string of the molecule is CC(O)C(NC(=O)C(N)CCCCN)C(=O)NC(CCC(N)=O)C(=O)NC(Cc1ccccc1)C(=O)O. The first-order valence-electron chi connectivity index (χ1n) is 12.1. The fraction of sp³-hybridized carbons (Fsp3) is 0.542. The second kappa shape index (κ2) is 16.2. The second-order valence-electron chi connectivity index (χ2n) is 8.77. The number of carbonyl (C=O) groups is 5. The minimum Gasteiger partial charge on any atom is -0.480 e. The third kappa shape index (κ3) is 11.8. The Morgan fingerprint density at radius 2 is 1.51 bits per heavy atom. The van der Waals surface area contributed by atoms with Crippen molar-refractivity contribution >= 4 is 29.6 Å². The molecule has 0 radical (unpaired) electrons. The zero-order chi connectivity index (χ0) is 28.0. The van der Waals surface area contributed by atoms with Gasteiger partial charge in [-0.3, -0.25) is 19.2 Å². The number of amides is 4. The largest absolute Gasteiger partial charge is 0.480 e. The fourth-order valence-electron chi connectivity index (χ4n) is 3.44. The van der Waals surface area contributed by atoms with Crippen molar-refractivity contribution in [2.24, 2.45) is 17.2 Å². The number of carbonyl (C=O) groups excluding carboxylic acids is 4. The highest BCUT2D eigenvalue weighted by molar-refractivity contribution is 5.94. The molecule has 1 aromatic carbocycles. The van der Waals surface area contributed by atoms with E-state index in [1.165, 1.54) is 6.92 Å². The van der Waals surface area contributed by atoms with Crippen molar-refractivity contribution < 1.29 is 34.2 Å². The zero-order valence-electron chi connectivity index (χ0n) is 20.9. The summed E-state index contributed by atoms with van der Waals surface area (Å²) in [6.07, 6.45) is -0.314. The molecule has 13 heteroatoms. The molecule has 0 saturated carbocycles. The maximum absolute atomic E-state index is 12.9. The van der Waals surface area contributed by atoms with Gasteiger partial charge in [0.25, 0.3) is 0 Å². The summed E-state index contributed by atoms with van der Waals surface area (Å²) in [6.45, 7) is 1.71. The van der Waals surface area contributed by atoms with Crippen LogP contribution in [0.4, 0.5) is 0 Å². The van der Waals surface area contributed by atoms with Gasteiger partial charge in [-0.25, -0.2) is 4.79 Å². The molecule has 37 heavy (non-hydrogen) atoms. The monoisotopic (exact) mass is 522 g/mol. The number of rotatable bonds is 17. The number of aliphatic carboxylic acids is 1. The molecule has 1 rings (SSSR count). The van der Waals surface area contributed by atoms with Gasteiger partial charge in [-0.2, -0.15) is 0 Å². The van der Waals surface area contributed by atoms with E-state index in [0.29, 0.717) is 31.4 Å². The van der Waals surface area contributed by atoms with E-state index in [2.05, 4.69) is 16.0 Å². The Labute approximate surface area is 215 Å². The summed E-state index contributed by atoms with van der Waals surface area (Å²) < 4.78 is 0. The molecule has 0 bridgehead atoms. The number of hydrogen-bond donors (Lipinski definition) is 8. The van der Waals surface area contributed by atoms with Crippen LogP contribution < -0.4 is 33.2 Å². The second-order valence-corrected chi connectivity index (χ2v) is 8.77. The van der Waals surface area contributed by atoms with E-state index < -0.39 is 59.9 Å². The number of aliphatic hydroxyl groups is 1. The van der Waals surface area contributed by atoms with Crippen molar-refractivity contribution in [3.8, 4) is 0 Å². The average Bonchev–Trinajstić information content (AvgIpc) is 2.84. The topological polar surface area (TPSA) is 240 Å². The molecule has 13 nitrogen and oxygen atoms in total. The maximum atomic E-state index is 12.9. The van der Waals surface area contributed by atoms with Crippen LogP contribution >= 0.6 is 0 Å². The van der Waals surface area contributed by atoms with Crippen molar-refractivity contribution in [2.45, 2.75) is 75.7 Å². The highest BCUT2D eigenvalue weighted by Gasteiger charge is 2.32. The van der Waals surface area contributed by atoms with E-state index in [9.17, 15) is 34.2 Å². The first-order valence-corrected chi connectivity index (χ1v) is 12.1. The van der Waals surface area contributed by atoms with Crippen LogP contribution in [0, 0.1) is 0 Å². The highest BCUT2D eigenvalue weighted by atomic mass is 16.4. The van der Waals surface area contributed by atoms with Crippen molar-refractivity contribution in [3.63, 3.8) is 0 Å². The van der Waals surface area contributed by atoms with Gasteiger partial charge in [0.1, 0.15) is 18.1 Å². The molecule has 0 heterocycles. The standard InChI is InChI=1S/C24H38N6O7/c1-14(31)20(30-21(33)16(26)9-5-6-12-25)23(35)28-17(10-11-19(27)32)22(34)29-18(24(36)37)13-15-7-3-2-4-8-15/h2-4,7-8,14,16-18,20,31H,5-6,9-13,25-26H2,1H3,(H2,27,32)(H,28,35)(H,29,34)(H,30,33)(H,36,37). The smallest absolute Gasteiger partial charge is 0.326 e. The van der Waals surface area contributed by atoms with E-state index in [1.807, 2.05) is 0 Å². The number of primary amides is 1. The van der Waals surface area contributed by atoms with Gasteiger partial charge in [-0.15, -0.1) is 0 Å². The normalized spacial score (nSPS) is 14.9. The first kappa shape index (κ1) is 31.5. The third-order valence-corrected chi connectivity index (χ3v) is 5.58. The van der Waals surface area contributed by atoms with Crippen LogP contribution in [-0.4, -0.2) is 76.6 Å². The lowest BCUT2D eigenvalue weighted by molar-refractivity contribution is -0.142. The molecule has 0 aromatic heterocycles. The Kier molecular flexibility index (Phi) is 13.8. The van der Waals surface area contributed by atoms with Crippen LogP contribution in [0.3, 0.4) is 0 Å². The summed E-state index contributed by atoms with van der Waals surface area (Å²) in [7, 11) is 0. The molecule has 0 fully saturated rings. The molecule has 0 spiro atoms. The molecular formula is C24H38N6O7. The van der Waals surface area contributed by atoms with Gasteiger partial charge >= 0.3 is 5.97 Å². The van der Waals surface area contributed by atoms with Crippen molar-refractivity contribution in [1.29, 1.82) is 0 Å². The molecule has 0 aliphatic rings. The Hall–Kier alpha value is -3.55. The molecule has 1 aromatic rings. The fourth-order valence-corrected chi connectivity index (χ4v) is 3.44. The molecule has 5 unspecified atom stereocenters. The van der Waals surface area contributed by atoms with Gasteiger partial charge < -0.3 is 43.4 Å². The van der Waals surface area contributed by atoms with E-state index >= 15 is 0 Å². The summed E-state index contributed by atoms with van der Waals surface area (Å²) in [5, 5.41) is 26.8. The van der Waals surface area contributed by atoms with E-state index in [0.717, 1.165) is 0 Å². The number of carboxylic acids is 1. The third-order valence-electron chi connectivity index (χ3n) is 5.58. The van der Waals surface area contributed by atoms with Crippen molar-refractivity contribution in [1.82, 2.24) is 16.0 Å². The average molecular weight is 523 g/mol. The molecule has 4 amide bonds. The molecule has 0 aliphatic carbocycles. The van der Waals surface area contributed by atoms with E-state index in [-0.39, 0.29) is 19.3 Å². The van der Waals surface area contributed by atoms with E-state index in [1.54, 1.807) is 30.3 Å². The Morgan fingerprint density at radius 3 is 2.05 bits per heavy atom. The van der Waals surface area contributed by atoms with Crippen LogP contribution in [0.25, 0.3) is 0 Å². The number of nitrogens with one attached hydrogen (secondary N) is 3. The Bertz CT molecular complexity index is 912. The number of unbranched alkanes of at least 4 members (excludes halogenated alkanes) is 1. The summed E-state index contributed by atoms with van der Waals surface area (Å²) >= 11 is 0. The van der Waals surface area contributed by atoms with Gasteiger partial charge in [0, 0.05) is 12.8 Å². The number of aliphatic hydroxyl groups excluding tert-OH is 1. The number of benzene rings is 1. The lowest BCUT2D eigenvalue weighted by Crippen LogP contribution is -2.60. The summed E-state index contributed by atoms with van der Waals surface area (Å²) in [5.74, 6) is -4.50. The van der Waals surface area contributed by atoms with Crippen LogP contribution in [-0.2, 0) is 30.4 Å². The van der Waals surface area contributed by atoms with Gasteiger partial charge in [0.15, 0.2) is 0 Å². The predicted molar refractivity (Wildman–Crippen MR) is 135 cm³/mol. The summed E-state index contributed by atoms with van der Waals surface area (Å²) in [4.78, 5) is 61.4. The number of carboxylic acid groups (broad SMARTS) is 1. The molecule has 11 N–H and O–H groups in total. The number of nitrogens with two attached hydrogens (primary N) is 3. The van der Waals surface area contributed by atoms with Gasteiger partial charge in [0.05, 0.1) is 12.1 Å². The molecular weight excluding hydrogens is 484 g/mol. The molecule has 206 valence electrons. The van der Waals surface area contributed by atoms with Gasteiger partial charge in [-0.05, 0) is 38.3 Å². The van der Waals surface area contributed by atoms with Crippen LogP contribution in [0.2, 0.25) is 0 Å². The first-order chi connectivity index (χ1) is 17.5. The number of hydrogen-bond acceptors (Lipinski definition) is 8. The zero-order valence-corrected chi connectivity index (χ0v) is 20.9. The molecule has 0 saturated heterocycles. The van der Waals surface area contributed by atoms with Crippen molar-refractivity contribution in [3.05, 3.63) is 35.9 Å². The quantitative estimate of drug-likeness (QED) is 0.104. The van der Waals surface area contributed by atoms with Crippen molar-refractivity contribution in [2.75, 3.05) is 6.54 Å². The van der Waals surface area contributed by atoms with Crippen LogP contribution in [0.5, 0.6) is 0 Å². The Morgan fingerprint density at radius 1 is 0.892 bits per heavy atom. The Balaban J connectivity index is 2.96. The maximum Gasteiger partial charge on any atom is 0.326 e. The molecule has 0 aliphatic heterocycles. The summed E-state index contributed by atoms with van der Waals surface area (Å²) in [5.41, 5.74) is 17.1. The van der Waals surface area contributed by atoms with Gasteiger partial charge in [0.2, 0.25) is 23.6 Å². The van der Waals surface area contributed by atoms with Crippen LogP contribution in [0.15, 0.2) is 30.3 Å². The lowest BCUT2D eigenvalue weighted by atomic mass is 10.0. The van der Waals surface area contributed by atoms with E-state index in [4.69, 9.17) is 17.2 Å². The van der Waals surface area contributed by atoms with Crippen LogP contribution in [0.1, 0.15) is 44.6 Å². The minimum atomic E-state index is -1.46. The summed E-state index contributed by atoms with van der Waals surface area (Å²) in [6, 6.07) is 3.52. The molecule has 5 atom stereocenters. The highest BCUT2D eigenvalue weighted by Crippen LogP contribution is 2.07.